The van der Waals surface area contributed by atoms with Gasteiger partial charge in [0.15, 0.2) is 9.84 Å². The van der Waals surface area contributed by atoms with E-state index in [4.69, 9.17) is 0 Å². The number of carbonyl (C=O) groups excluding carboxylic acids is 2. The number of urea groups is 1. The second-order valence-corrected chi connectivity index (χ2v) is 8.26. The molecule has 0 aromatic heterocycles. The highest BCUT2D eigenvalue weighted by Gasteiger charge is 2.29. The third-order valence-corrected chi connectivity index (χ3v) is 5.63. The molecule has 23 heavy (non-hydrogen) atoms. The third kappa shape index (κ3) is 4.44. The molecule has 1 aromatic carbocycles. The lowest BCUT2D eigenvalue weighted by Gasteiger charge is -2.12. The first-order valence-corrected chi connectivity index (χ1v) is 9.42. The molecular weight excluding hydrogens is 318 g/mol. The fraction of sp³-hybridized carbons (Fsp3) is 0.467. The van der Waals surface area contributed by atoms with Crippen LogP contribution < -0.4 is 16.0 Å². The zero-order chi connectivity index (χ0) is 16.4. The Morgan fingerprint density at radius 3 is 2.48 bits per heavy atom. The van der Waals surface area contributed by atoms with Gasteiger partial charge in [-0.25, -0.2) is 13.2 Å². The van der Waals surface area contributed by atoms with Crippen molar-refractivity contribution in [3.05, 3.63) is 29.8 Å². The molecule has 8 heteroatoms. The van der Waals surface area contributed by atoms with E-state index in [0.29, 0.717) is 17.7 Å². The second-order valence-electron chi connectivity index (χ2n) is 6.03. The molecule has 0 bridgehead atoms. The summed E-state index contributed by atoms with van der Waals surface area (Å²) >= 11 is 0. The summed E-state index contributed by atoms with van der Waals surface area (Å²) in [5.41, 5.74) is 0.977. The standard InChI is InChI=1S/C15H19N3O4S/c19-14(16-11-4-5-11)10-2-1-3-12(8-10)17-15(20)18-13-6-7-23(21,22)9-13/h1-3,8,11,13H,4-7,9H2,(H,16,19)(H2,17,18,20)/t13-/m1/s1. The first kappa shape index (κ1) is 15.8. The molecule has 1 atom stereocenters. The molecule has 0 unspecified atom stereocenters. The number of carbonyl (C=O) groups is 2. The van der Waals surface area contributed by atoms with Gasteiger partial charge in [0.1, 0.15) is 0 Å². The average molecular weight is 337 g/mol. The van der Waals surface area contributed by atoms with Gasteiger partial charge in [-0.05, 0) is 37.5 Å². The van der Waals surface area contributed by atoms with Gasteiger partial charge in [0.2, 0.25) is 0 Å². The summed E-state index contributed by atoms with van der Waals surface area (Å²) in [7, 11) is -3.03. The monoisotopic (exact) mass is 337 g/mol. The fourth-order valence-corrected chi connectivity index (χ4v) is 4.17. The van der Waals surface area contributed by atoms with E-state index in [2.05, 4.69) is 16.0 Å². The SMILES string of the molecule is O=C(Nc1cccc(C(=O)NC2CC2)c1)N[C@@H]1CCS(=O)(=O)C1. The molecule has 7 nitrogen and oxygen atoms in total. The van der Waals surface area contributed by atoms with Crippen LogP contribution in [0.4, 0.5) is 10.5 Å². The van der Waals surface area contributed by atoms with Gasteiger partial charge in [0.25, 0.3) is 5.91 Å². The molecule has 0 spiro atoms. The Hall–Kier alpha value is -2.09. The van der Waals surface area contributed by atoms with Crippen LogP contribution in [0.2, 0.25) is 0 Å². The van der Waals surface area contributed by atoms with Crippen molar-refractivity contribution >= 4 is 27.5 Å². The second kappa shape index (κ2) is 6.19. The van der Waals surface area contributed by atoms with Crippen molar-refractivity contribution in [1.29, 1.82) is 0 Å². The molecule has 124 valence electrons. The topological polar surface area (TPSA) is 104 Å². The highest BCUT2D eigenvalue weighted by atomic mass is 32.2. The summed E-state index contributed by atoms with van der Waals surface area (Å²) in [6.07, 6.45) is 2.45. The Balaban J connectivity index is 1.56. The summed E-state index contributed by atoms with van der Waals surface area (Å²) in [5, 5.41) is 8.16. The maximum absolute atomic E-state index is 12.0. The van der Waals surface area contributed by atoms with Crippen molar-refractivity contribution in [2.24, 2.45) is 0 Å². The maximum atomic E-state index is 12.0. The summed E-state index contributed by atoms with van der Waals surface area (Å²) in [5.74, 6) is -0.0719. The Morgan fingerprint density at radius 2 is 1.83 bits per heavy atom. The summed E-state index contributed by atoms with van der Waals surface area (Å²) in [4.78, 5) is 23.9. The van der Waals surface area contributed by atoms with Crippen LogP contribution in [0.5, 0.6) is 0 Å². The van der Waals surface area contributed by atoms with E-state index in [1.165, 1.54) is 0 Å². The molecule has 1 heterocycles. The minimum Gasteiger partial charge on any atom is -0.349 e. The third-order valence-electron chi connectivity index (χ3n) is 3.86. The van der Waals surface area contributed by atoms with Gasteiger partial charge in [-0.2, -0.15) is 0 Å². The highest BCUT2D eigenvalue weighted by Crippen LogP contribution is 2.20. The molecule has 1 aliphatic carbocycles. The van der Waals surface area contributed by atoms with Crippen molar-refractivity contribution in [3.8, 4) is 0 Å². The molecule has 1 saturated heterocycles. The van der Waals surface area contributed by atoms with Gasteiger partial charge in [-0.3, -0.25) is 4.79 Å². The molecular formula is C15H19N3O4S. The number of benzene rings is 1. The van der Waals surface area contributed by atoms with Crippen LogP contribution >= 0.6 is 0 Å². The molecule has 3 amide bonds. The molecule has 2 aliphatic rings. The van der Waals surface area contributed by atoms with Crippen molar-refractivity contribution in [2.75, 3.05) is 16.8 Å². The zero-order valence-corrected chi connectivity index (χ0v) is 13.4. The first-order valence-electron chi connectivity index (χ1n) is 7.60. The number of amides is 3. The minimum absolute atomic E-state index is 0.0236. The van der Waals surface area contributed by atoms with E-state index < -0.39 is 15.9 Å². The molecule has 3 N–H and O–H groups in total. The summed E-state index contributed by atoms with van der Waals surface area (Å²) in [6.45, 7) is 0. The van der Waals surface area contributed by atoms with Gasteiger partial charge in [-0.15, -0.1) is 0 Å². The molecule has 1 saturated carbocycles. The first-order chi connectivity index (χ1) is 10.9. The lowest BCUT2D eigenvalue weighted by atomic mass is 10.2. The van der Waals surface area contributed by atoms with E-state index in [1.807, 2.05) is 0 Å². The number of sulfone groups is 1. The number of hydrogen-bond donors (Lipinski definition) is 3. The fourth-order valence-electron chi connectivity index (χ4n) is 2.50. The van der Waals surface area contributed by atoms with Crippen molar-refractivity contribution in [1.82, 2.24) is 10.6 Å². The van der Waals surface area contributed by atoms with Crippen LogP contribution in [0.15, 0.2) is 24.3 Å². The lowest BCUT2D eigenvalue weighted by Crippen LogP contribution is -2.38. The molecule has 3 rings (SSSR count). The van der Waals surface area contributed by atoms with Gasteiger partial charge in [0.05, 0.1) is 11.5 Å². The zero-order valence-electron chi connectivity index (χ0n) is 12.5. The highest BCUT2D eigenvalue weighted by molar-refractivity contribution is 7.91. The van der Waals surface area contributed by atoms with Crippen LogP contribution in [-0.4, -0.2) is 43.9 Å². The Kier molecular flexibility index (Phi) is 4.25. The maximum Gasteiger partial charge on any atom is 0.319 e. The van der Waals surface area contributed by atoms with Crippen molar-refractivity contribution in [3.63, 3.8) is 0 Å². The predicted octanol–water partition coefficient (Wildman–Crippen LogP) is 0.887. The van der Waals surface area contributed by atoms with Crippen LogP contribution in [0, 0.1) is 0 Å². The van der Waals surface area contributed by atoms with Gasteiger partial charge in [0, 0.05) is 23.3 Å². The summed E-state index contributed by atoms with van der Waals surface area (Å²) in [6, 6.07) is 6.10. The van der Waals surface area contributed by atoms with Crippen molar-refractivity contribution in [2.45, 2.75) is 31.3 Å². The van der Waals surface area contributed by atoms with Crippen molar-refractivity contribution < 1.29 is 18.0 Å². The molecule has 2 fully saturated rings. The number of hydrogen-bond acceptors (Lipinski definition) is 4. The molecule has 1 aliphatic heterocycles. The van der Waals surface area contributed by atoms with Crippen LogP contribution in [0.3, 0.4) is 0 Å². The number of rotatable bonds is 4. The van der Waals surface area contributed by atoms with Crippen LogP contribution in [0.1, 0.15) is 29.6 Å². The minimum atomic E-state index is -3.03. The van der Waals surface area contributed by atoms with Gasteiger partial charge < -0.3 is 16.0 Å². The summed E-state index contributed by atoms with van der Waals surface area (Å²) < 4.78 is 22.8. The molecule has 1 aromatic rings. The Labute approximate surface area is 134 Å². The van der Waals surface area contributed by atoms with E-state index >= 15 is 0 Å². The number of nitrogens with one attached hydrogen (secondary N) is 3. The van der Waals surface area contributed by atoms with E-state index in [-0.39, 0.29) is 29.5 Å². The Bertz CT molecular complexity index is 728. The van der Waals surface area contributed by atoms with E-state index in [0.717, 1.165) is 12.8 Å². The largest absolute Gasteiger partial charge is 0.349 e. The van der Waals surface area contributed by atoms with Crippen LogP contribution in [-0.2, 0) is 9.84 Å². The lowest BCUT2D eigenvalue weighted by molar-refractivity contribution is 0.0951. The van der Waals surface area contributed by atoms with Gasteiger partial charge in [-0.1, -0.05) is 6.07 Å². The Morgan fingerprint density at radius 1 is 1.04 bits per heavy atom. The predicted molar refractivity (Wildman–Crippen MR) is 86.1 cm³/mol. The van der Waals surface area contributed by atoms with E-state index in [9.17, 15) is 18.0 Å². The van der Waals surface area contributed by atoms with Crippen LogP contribution in [0.25, 0.3) is 0 Å². The average Bonchev–Trinajstić information content (AvgIpc) is 3.22. The molecule has 0 radical (unpaired) electrons. The normalized spacial score (nSPS) is 22.3. The number of anilines is 1. The van der Waals surface area contributed by atoms with E-state index in [1.54, 1.807) is 24.3 Å². The smallest absolute Gasteiger partial charge is 0.319 e. The van der Waals surface area contributed by atoms with Gasteiger partial charge >= 0.3 is 6.03 Å². The quantitative estimate of drug-likeness (QED) is 0.759.